The third kappa shape index (κ3) is 6.64. The highest BCUT2D eigenvalue weighted by Gasteiger charge is 2.26. The lowest BCUT2D eigenvalue weighted by molar-refractivity contribution is -0.143. The fourth-order valence-electron chi connectivity index (χ4n) is 2.63. The lowest BCUT2D eigenvalue weighted by Crippen LogP contribution is -2.36. The number of nitrogens with one attached hydrogen (secondary N) is 1. The molecule has 106 valence electrons. The van der Waals surface area contributed by atoms with Crippen LogP contribution in [0.2, 0.25) is 0 Å². The molecule has 0 amide bonds. The quantitative estimate of drug-likeness (QED) is 0.634. The van der Waals surface area contributed by atoms with Gasteiger partial charge < -0.3 is 10.4 Å². The van der Waals surface area contributed by atoms with Crippen LogP contribution >= 0.6 is 11.8 Å². The Kier molecular flexibility index (Phi) is 8.51. The zero-order chi connectivity index (χ0) is 13.2. The molecular weight excluding hydrogens is 246 g/mol. The average Bonchev–Trinajstić information content (AvgIpc) is 2.38. The van der Waals surface area contributed by atoms with E-state index >= 15 is 0 Å². The second-order valence-electron chi connectivity index (χ2n) is 5.26. The minimum atomic E-state index is -0.612. The van der Waals surface area contributed by atoms with Crippen LogP contribution in [0.1, 0.15) is 51.4 Å². The van der Waals surface area contributed by atoms with E-state index in [4.69, 9.17) is 5.11 Å². The van der Waals surface area contributed by atoms with Gasteiger partial charge in [-0.2, -0.15) is 11.8 Å². The number of hydrogen-bond donors (Lipinski definition) is 2. The summed E-state index contributed by atoms with van der Waals surface area (Å²) in [5, 5.41) is 12.5. The zero-order valence-corrected chi connectivity index (χ0v) is 12.3. The van der Waals surface area contributed by atoms with E-state index in [1.807, 2.05) is 11.8 Å². The van der Waals surface area contributed by atoms with Crippen molar-refractivity contribution in [3.8, 4) is 0 Å². The standard InChI is InChI=1S/C14H27NO2S/c1-18-10-5-3-2-4-9-15-13-8-6-7-12(11-13)14(16)17/h12-13,15H,2-11H2,1H3,(H,16,17). The van der Waals surface area contributed by atoms with Crippen molar-refractivity contribution in [1.29, 1.82) is 0 Å². The summed E-state index contributed by atoms with van der Waals surface area (Å²) in [6, 6.07) is 0.436. The molecule has 3 nitrogen and oxygen atoms in total. The van der Waals surface area contributed by atoms with Gasteiger partial charge in [0.25, 0.3) is 0 Å². The summed E-state index contributed by atoms with van der Waals surface area (Å²) in [7, 11) is 0. The van der Waals surface area contributed by atoms with Crippen molar-refractivity contribution >= 4 is 17.7 Å². The van der Waals surface area contributed by atoms with Crippen LogP contribution in [0.4, 0.5) is 0 Å². The Morgan fingerprint density at radius 2 is 2.06 bits per heavy atom. The number of carboxylic acids is 1. The van der Waals surface area contributed by atoms with E-state index in [1.54, 1.807) is 0 Å². The van der Waals surface area contributed by atoms with E-state index in [-0.39, 0.29) is 5.92 Å². The average molecular weight is 273 g/mol. The van der Waals surface area contributed by atoms with Crippen LogP contribution in [0.3, 0.4) is 0 Å². The van der Waals surface area contributed by atoms with Crippen molar-refractivity contribution in [3.63, 3.8) is 0 Å². The lowest BCUT2D eigenvalue weighted by atomic mass is 9.86. The maximum atomic E-state index is 10.9. The zero-order valence-electron chi connectivity index (χ0n) is 11.5. The number of carbonyl (C=O) groups is 1. The molecule has 0 radical (unpaired) electrons. The van der Waals surface area contributed by atoms with Crippen molar-refractivity contribution < 1.29 is 9.90 Å². The Bertz CT molecular complexity index is 236. The van der Waals surface area contributed by atoms with Gasteiger partial charge in [0.05, 0.1) is 5.92 Å². The predicted octanol–water partition coefficient (Wildman–Crippen LogP) is 3.14. The fraction of sp³-hybridized carbons (Fsp3) is 0.929. The molecule has 0 aromatic rings. The summed E-state index contributed by atoms with van der Waals surface area (Å²) in [5.74, 6) is 0.549. The third-order valence-corrected chi connectivity index (χ3v) is 4.43. The molecule has 4 heteroatoms. The summed E-state index contributed by atoms with van der Waals surface area (Å²) in [6.07, 6.45) is 11.2. The summed E-state index contributed by atoms with van der Waals surface area (Å²) in [4.78, 5) is 10.9. The molecule has 0 heterocycles. The molecule has 2 N–H and O–H groups in total. The van der Waals surface area contributed by atoms with E-state index in [0.29, 0.717) is 6.04 Å². The number of aliphatic carboxylic acids is 1. The number of carboxylic acid groups (broad SMARTS) is 1. The van der Waals surface area contributed by atoms with Crippen molar-refractivity contribution in [2.75, 3.05) is 18.6 Å². The van der Waals surface area contributed by atoms with E-state index < -0.39 is 5.97 Å². The van der Waals surface area contributed by atoms with Crippen LogP contribution in [0.15, 0.2) is 0 Å². The van der Waals surface area contributed by atoms with Crippen LogP contribution in [0, 0.1) is 5.92 Å². The van der Waals surface area contributed by atoms with Crippen molar-refractivity contribution in [1.82, 2.24) is 5.32 Å². The molecule has 0 bridgehead atoms. The molecule has 1 aliphatic carbocycles. The number of unbranched alkanes of at least 4 members (excludes halogenated alkanes) is 3. The fourth-order valence-corrected chi connectivity index (χ4v) is 3.12. The maximum absolute atomic E-state index is 10.9. The van der Waals surface area contributed by atoms with Gasteiger partial charge in [-0.15, -0.1) is 0 Å². The Labute approximate surface area is 115 Å². The smallest absolute Gasteiger partial charge is 0.306 e. The minimum absolute atomic E-state index is 0.113. The van der Waals surface area contributed by atoms with Crippen LogP contribution in [0.25, 0.3) is 0 Å². The highest BCUT2D eigenvalue weighted by molar-refractivity contribution is 7.98. The molecule has 0 aromatic carbocycles. The van der Waals surface area contributed by atoms with Gasteiger partial charge in [-0.3, -0.25) is 4.79 Å². The van der Waals surface area contributed by atoms with Crippen molar-refractivity contribution in [2.45, 2.75) is 57.4 Å². The van der Waals surface area contributed by atoms with Gasteiger partial charge in [0.1, 0.15) is 0 Å². The number of rotatable bonds is 9. The largest absolute Gasteiger partial charge is 0.481 e. The molecule has 1 aliphatic rings. The molecule has 0 spiro atoms. The molecule has 0 saturated heterocycles. The van der Waals surface area contributed by atoms with Crippen molar-refractivity contribution in [3.05, 3.63) is 0 Å². The molecule has 18 heavy (non-hydrogen) atoms. The molecule has 2 unspecified atom stereocenters. The Morgan fingerprint density at radius 3 is 2.78 bits per heavy atom. The summed E-state index contributed by atoms with van der Waals surface area (Å²) in [5.41, 5.74) is 0. The second-order valence-corrected chi connectivity index (χ2v) is 6.25. The second kappa shape index (κ2) is 9.68. The van der Waals surface area contributed by atoms with Crippen LogP contribution in [0.5, 0.6) is 0 Å². The van der Waals surface area contributed by atoms with Gasteiger partial charge in [-0.1, -0.05) is 19.3 Å². The molecule has 0 aliphatic heterocycles. The monoisotopic (exact) mass is 273 g/mol. The molecular formula is C14H27NO2S. The lowest BCUT2D eigenvalue weighted by Gasteiger charge is -2.27. The Balaban J connectivity index is 2.00. The van der Waals surface area contributed by atoms with E-state index in [9.17, 15) is 4.79 Å². The summed E-state index contributed by atoms with van der Waals surface area (Å²) in [6.45, 7) is 1.05. The molecule has 2 atom stereocenters. The topological polar surface area (TPSA) is 49.3 Å². The molecule has 1 saturated carbocycles. The van der Waals surface area contributed by atoms with Crippen molar-refractivity contribution in [2.24, 2.45) is 5.92 Å². The van der Waals surface area contributed by atoms with Gasteiger partial charge in [0.2, 0.25) is 0 Å². The first kappa shape index (κ1) is 15.8. The summed E-state index contributed by atoms with van der Waals surface area (Å²) >= 11 is 1.92. The first-order valence-electron chi connectivity index (χ1n) is 7.19. The SMILES string of the molecule is CSCCCCCCNC1CCCC(C(=O)O)C1. The molecule has 0 aromatic heterocycles. The third-order valence-electron chi connectivity index (χ3n) is 3.73. The normalized spacial score (nSPS) is 24.1. The number of hydrogen-bond acceptors (Lipinski definition) is 3. The van der Waals surface area contributed by atoms with Gasteiger partial charge in [-0.25, -0.2) is 0 Å². The Morgan fingerprint density at radius 1 is 1.28 bits per heavy atom. The first-order valence-corrected chi connectivity index (χ1v) is 8.58. The number of thioether (sulfide) groups is 1. The van der Waals surface area contributed by atoms with Gasteiger partial charge >= 0.3 is 5.97 Å². The van der Waals surface area contributed by atoms with Crippen LogP contribution < -0.4 is 5.32 Å². The van der Waals surface area contributed by atoms with Gasteiger partial charge in [0.15, 0.2) is 0 Å². The summed E-state index contributed by atoms with van der Waals surface area (Å²) < 4.78 is 0. The van der Waals surface area contributed by atoms with Crippen LogP contribution in [-0.4, -0.2) is 35.7 Å². The van der Waals surface area contributed by atoms with Gasteiger partial charge in [0, 0.05) is 6.04 Å². The van der Waals surface area contributed by atoms with E-state index in [0.717, 1.165) is 32.2 Å². The van der Waals surface area contributed by atoms with Gasteiger partial charge in [-0.05, 0) is 50.7 Å². The van der Waals surface area contributed by atoms with E-state index in [1.165, 1.54) is 31.4 Å². The molecule has 1 fully saturated rings. The molecule has 1 rings (SSSR count). The predicted molar refractivity (Wildman–Crippen MR) is 78.2 cm³/mol. The maximum Gasteiger partial charge on any atom is 0.306 e. The van der Waals surface area contributed by atoms with Crippen LogP contribution in [-0.2, 0) is 4.79 Å². The minimum Gasteiger partial charge on any atom is -0.481 e. The first-order chi connectivity index (χ1) is 8.74. The highest BCUT2D eigenvalue weighted by Crippen LogP contribution is 2.24. The Hall–Kier alpha value is -0.220. The van der Waals surface area contributed by atoms with E-state index in [2.05, 4.69) is 11.6 Å². The highest BCUT2D eigenvalue weighted by atomic mass is 32.2.